The van der Waals surface area contributed by atoms with Gasteiger partial charge in [-0.3, -0.25) is 4.79 Å². The van der Waals surface area contributed by atoms with Crippen LogP contribution in [0, 0.1) is 0 Å². The number of hydrogen-bond donors (Lipinski definition) is 1. The molecule has 1 amide bonds. The van der Waals surface area contributed by atoms with Crippen molar-refractivity contribution in [2.45, 2.75) is 19.1 Å². The van der Waals surface area contributed by atoms with E-state index in [1.165, 1.54) is 5.01 Å². The van der Waals surface area contributed by atoms with Gasteiger partial charge in [0.2, 0.25) is 0 Å². The second kappa shape index (κ2) is 5.66. The second-order valence-electron chi connectivity index (χ2n) is 5.32. The lowest BCUT2D eigenvalue weighted by Crippen LogP contribution is -2.43. The Balaban J connectivity index is 2.02. The van der Waals surface area contributed by atoms with Gasteiger partial charge in [0.1, 0.15) is 0 Å². The summed E-state index contributed by atoms with van der Waals surface area (Å²) in [5, 5.41) is 16.5. The summed E-state index contributed by atoms with van der Waals surface area (Å²) in [5.41, 5.74) is 0.404. The van der Waals surface area contributed by atoms with Crippen LogP contribution in [0.15, 0.2) is 64.2 Å². The number of carbonyl (C=O) groups excluding carboxylic acids is 1. The number of benzene rings is 2. The minimum atomic E-state index is -1.44. The molecule has 1 atom stereocenters. The van der Waals surface area contributed by atoms with Gasteiger partial charge in [-0.1, -0.05) is 52.3 Å². The largest absolute Gasteiger partial charge is 0.365 e. The monoisotopic (exact) mass is 358 g/mol. The van der Waals surface area contributed by atoms with E-state index in [-0.39, 0.29) is 5.91 Å². The molecule has 2 aromatic rings. The molecule has 0 radical (unpaired) electrons. The molecular weight excluding hydrogens is 344 g/mol. The number of carbonyl (C=O) groups is 1. The molecule has 0 spiro atoms. The standard InChI is InChI=1S/C17H15BrN2O2/c1-12-11-17(22,14-7-3-2-4-8-14)20(19-12)16(21)13-6-5-9-15(18)10-13/h2-10,22H,11H2,1H3/t17-/m1/s1. The first kappa shape index (κ1) is 14.9. The molecule has 1 aliphatic rings. The van der Waals surface area contributed by atoms with Gasteiger partial charge in [0, 0.05) is 27.7 Å². The summed E-state index contributed by atoms with van der Waals surface area (Å²) in [6.45, 7) is 1.81. The molecule has 0 aromatic heterocycles. The zero-order valence-corrected chi connectivity index (χ0v) is 13.6. The molecule has 22 heavy (non-hydrogen) atoms. The van der Waals surface area contributed by atoms with E-state index in [2.05, 4.69) is 21.0 Å². The van der Waals surface area contributed by atoms with Crippen molar-refractivity contribution < 1.29 is 9.90 Å². The van der Waals surface area contributed by atoms with Crippen LogP contribution in [-0.4, -0.2) is 21.7 Å². The van der Waals surface area contributed by atoms with Crippen molar-refractivity contribution in [2.75, 3.05) is 0 Å². The molecule has 0 bridgehead atoms. The van der Waals surface area contributed by atoms with Gasteiger partial charge in [-0.25, -0.2) is 0 Å². The van der Waals surface area contributed by atoms with Crippen LogP contribution >= 0.6 is 15.9 Å². The quantitative estimate of drug-likeness (QED) is 0.892. The molecule has 0 saturated heterocycles. The highest BCUT2D eigenvalue weighted by Crippen LogP contribution is 2.36. The number of nitrogens with zero attached hydrogens (tertiary/aromatic N) is 2. The molecule has 1 aliphatic heterocycles. The zero-order chi connectivity index (χ0) is 15.7. The lowest BCUT2D eigenvalue weighted by Gasteiger charge is -2.31. The summed E-state index contributed by atoms with van der Waals surface area (Å²) in [6.07, 6.45) is 0.302. The van der Waals surface area contributed by atoms with E-state index in [0.717, 1.165) is 10.2 Å². The molecule has 4 nitrogen and oxygen atoms in total. The summed E-state index contributed by atoms with van der Waals surface area (Å²) >= 11 is 3.36. The van der Waals surface area contributed by atoms with Crippen LogP contribution in [0.1, 0.15) is 29.3 Å². The highest BCUT2D eigenvalue weighted by atomic mass is 79.9. The van der Waals surface area contributed by atoms with Crippen LogP contribution in [0.4, 0.5) is 0 Å². The van der Waals surface area contributed by atoms with Gasteiger partial charge in [-0.05, 0) is 25.1 Å². The van der Waals surface area contributed by atoms with E-state index in [0.29, 0.717) is 17.5 Å². The van der Waals surface area contributed by atoms with Crippen LogP contribution in [-0.2, 0) is 5.72 Å². The van der Waals surface area contributed by atoms with E-state index in [1.807, 2.05) is 31.2 Å². The summed E-state index contributed by atoms with van der Waals surface area (Å²) in [4.78, 5) is 12.8. The zero-order valence-electron chi connectivity index (χ0n) is 12.0. The van der Waals surface area contributed by atoms with Gasteiger partial charge in [-0.15, -0.1) is 0 Å². The van der Waals surface area contributed by atoms with E-state index in [9.17, 15) is 9.90 Å². The fraction of sp³-hybridized carbons (Fsp3) is 0.176. The highest BCUT2D eigenvalue weighted by Gasteiger charge is 2.45. The van der Waals surface area contributed by atoms with Crippen molar-refractivity contribution >= 4 is 27.5 Å². The number of hydrogen-bond acceptors (Lipinski definition) is 3. The molecule has 2 aromatic carbocycles. The number of halogens is 1. The SMILES string of the molecule is CC1=NN(C(=O)c2cccc(Br)c2)[C@](O)(c2ccccc2)C1. The van der Waals surface area contributed by atoms with Gasteiger partial charge >= 0.3 is 0 Å². The minimum absolute atomic E-state index is 0.302. The maximum atomic E-state index is 12.8. The topological polar surface area (TPSA) is 52.9 Å². The highest BCUT2D eigenvalue weighted by molar-refractivity contribution is 9.10. The molecule has 5 heteroatoms. The van der Waals surface area contributed by atoms with Gasteiger partial charge in [0.15, 0.2) is 5.72 Å². The maximum Gasteiger partial charge on any atom is 0.276 e. The first-order valence-corrected chi connectivity index (χ1v) is 7.72. The van der Waals surface area contributed by atoms with Crippen molar-refractivity contribution in [3.05, 3.63) is 70.2 Å². The molecule has 0 fully saturated rings. The lowest BCUT2D eigenvalue weighted by atomic mass is 9.97. The number of rotatable bonds is 2. The molecule has 3 rings (SSSR count). The van der Waals surface area contributed by atoms with Crippen LogP contribution < -0.4 is 0 Å². The Morgan fingerprint density at radius 1 is 1.23 bits per heavy atom. The Kier molecular flexibility index (Phi) is 3.85. The Morgan fingerprint density at radius 2 is 1.95 bits per heavy atom. The number of hydrazone groups is 1. The molecule has 0 unspecified atom stereocenters. The predicted octanol–water partition coefficient (Wildman–Crippen LogP) is 3.52. The molecule has 0 saturated carbocycles. The van der Waals surface area contributed by atoms with Crippen LogP contribution in [0.5, 0.6) is 0 Å². The summed E-state index contributed by atoms with van der Waals surface area (Å²) in [7, 11) is 0. The second-order valence-corrected chi connectivity index (χ2v) is 6.24. The Bertz CT molecular complexity index is 745. The van der Waals surface area contributed by atoms with Crippen molar-refractivity contribution in [2.24, 2.45) is 5.10 Å². The molecular formula is C17H15BrN2O2. The minimum Gasteiger partial charge on any atom is -0.365 e. The normalized spacial score (nSPS) is 20.9. The van der Waals surface area contributed by atoms with Gasteiger partial charge in [-0.2, -0.15) is 10.1 Å². The first-order chi connectivity index (χ1) is 10.5. The molecule has 112 valence electrons. The summed E-state index contributed by atoms with van der Waals surface area (Å²) in [6, 6.07) is 16.2. The van der Waals surface area contributed by atoms with Gasteiger partial charge in [0.05, 0.1) is 0 Å². The Hall–Kier alpha value is -1.98. The van der Waals surface area contributed by atoms with Gasteiger partial charge < -0.3 is 5.11 Å². The Labute approximate surface area is 137 Å². The van der Waals surface area contributed by atoms with Crippen LogP contribution in [0.25, 0.3) is 0 Å². The Morgan fingerprint density at radius 3 is 2.64 bits per heavy atom. The maximum absolute atomic E-state index is 12.8. The number of aliphatic hydroxyl groups is 1. The predicted molar refractivity (Wildman–Crippen MR) is 88.4 cm³/mol. The number of amides is 1. The smallest absolute Gasteiger partial charge is 0.276 e. The van der Waals surface area contributed by atoms with E-state index >= 15 is 0 Å². The van der Waals surface area contributed by atoms with Crippen molar-refractivity contribution in [1.82, 2.24) is 5.01 Å². The van der Waals surface area contributed by atoms with Crippen LogP contribution in [0.3, 0.4) is 0 Å². The third-order valence-corrected chi connectivity index (χ3v) is 4.12. The van der Waals surface area contributed by atoms with E-state index < -0.39 is 5.72 Å². The first-order valence-electron chi connectivity index (χ1n) is 6.93. The van der Waals surface area contributed by atoms with Crippen molar-refractivity contribution in [1.29, 1.82) is 0 Å². The molecule has 0 aliphatic carbocycles. The summed E-state index contributed by atoms with van der Waals surface area (Å²) < 4.78 is 0.807. The summed E-state index contributed by atoms with van der Waals surface area (Å²) in [5.74, 6) is -0.329. The lowest BCUT2D eigenvalue weighted by molar-refractivity contribution is -0.0765. The third-order valence-electron chi connectivity index (χ3n) is 3.62. The van der Waals surface area contributed by atoms with Crippen molar-refractivity contribution in [3.63, 3.8) is 0 Å². The average Bonchev–Trinajstić information content (AvgIpc) is 2.83. The molecule has 1 N–H and O–H groups in total. The third kappa shape index (κ3) is 2.58. The fourth-order valence-electron chi connectivity index (χ4n) is 2.61. The fourth-order valence-corrected chi connectivity index (χ4v) is 3.01. The van der Waals surface area contributed by atoms with Crippen LogP contribution in [0.2, 0.25) is 0 Å². The average molecular weight is 359 g/mol. The molecule has 1 heterocycles. The van der Waals surface area contributed by atoms with E-state index in [4.69, 9.17) is 0 Å². The van der Waals surface area contributed by atoms with Gasteiger partial charge in [0.25, 0.3) is 5.91 Å². The van der Waals surface area contributed by atoms with Crippen molar-refractivity contribution in [3.8, 4) is 0 Å². The van der Waals surface area contributed by atoms with E-state index in [1.54, 1.807) is 30.3 Å².